The number of pyridine rings is 1. The molecule has 0 aromatic carbocycles. The predicted octanol–water partition coefficient (Wildman–Crippen LogP) is 4.22. The van der Waals surface area contributed by atoms with E-state index in [2.05, 4.69) is 20.9 Å². The largest absolute Gasteiger partial charge is 0.280 e. The second kappa shape index (κ2) is 4.53. The van der Waals surface area contributed by atoms with E-state index >= 15 is 0 Å². The quantitative estimate of drug-likeness (QED) is 0.587. The minimum absolute atomic E-state index is 0.0890. The molecule has 1 nitrogen and oxygen atoms in total. The lowest BCUT2D eigenvalue weighted by molar-refractivity contribution is 0.146. The monoisotopic (exact) mass is 289 g/mol. The summed E-state index contributed by atoms with van der Waals surface area (Å²) in [6, 6.07) is 1.23. The second-order valence-electron chi connectivity index (χ2n) is 2.25. The third kappa shape index (κ3) is 2.51. The van der Waals surface area contributed by atoms with E-state index in [0.29, 0.717) is 10.9 Å². The lowest BCUT2D eigenvalue weighted by atomic mass is 10.2. The van der Waals surface area contributed by atoms with E-state index in [1.807, 2.05) is 0 Å². The molecule has 72 valence electrons. The average Bonchev–Trinajstić information content (AvgIpc) is 2.09. The summed E-state index contributed by atoms with van der Waals surface area (Å²) < 4.78 is 24.4. The standard InChI is InChI=1S/C7H4BrCl2F2N/c8-2-3-1-4(7(11)12)13-6(10)5(3)9/h1,7H,2H2. The lowest BCUT2D eigenvalue weighted by Gasteiger charge is -2.05. The van der Waals surface area contributed by atoms with E-state index in [9.17, 15) is 8.78 Å². The van der Waals surface area contributed by atoms with Gasteiger partial charge in [0.1, 0.15) is 10.8 Å². The molecule has 0 aliphatic rings. The van der Waals surface area contributed by atoms with E-state index in [0.717, 1.165) is 0 Å². The highest BCUT2D eigenvalue weighted by atomic mass is 79.9. The van der Waals surface area contributed by atoms with Crippen molar-refractivity contribution in [3.05, 3.63) is 27.5 Å². The molecule has 0 saturated heterocycles. The van der Waals surface area contributed by atoms with E-state index < -0.39 is 6.43 Å². The fraction of sp³-hybridized carbons (Fsp3) is 0.286. The average molecular weight is 291 g/mol. The highest BCUT2D eigenvalue weighted by Gasteiger charge is 2.14. The van der Waals surface area contributed by atoms with Gasteiger partial charge in [0, 0.05) is 5.33 Å². The van der Waals surface area contributed by atoms with Crippen LogP contribution in [0.3, 0.4) is 0 Å². The van der Waals surface area contributed by atoms with Crippen LogP contribution in [0.25, 0.3) is 0 Å². The van der Waals surface area contributed by atoms with Crippen molar-refractivity contribution in [2.24, 2.45) is 0 Å². The summed E-state index contributed by atoms with van der Waals surface area (Å²) in [6.45, 7) is 0. The van der Waals surface area contributed by atoms with Crippen LogP contribution >= 0.6 is 39.1 Å². The van der Waals surface area contributed by atoms with Crippen LogP contribution < -0.4 is 0 Å². The fourth-order valence-corrected chi connectivity index (χ4v) is 1.76. The van der Waals surface area contributed by atoms with Crippen molar-refractivity contribution in [1.82, 2.24) is 4.98 Å². The van der Waals surface area contributed by atoms with E-state index in [-0.39, 0.29) is 15.9 Å². The molecule has 0 N–H and O–H groups in total. The van der Waals surface area contributed by atoms with Crippen molar-refractivity contribution in [1.29, 1.82) is 0 Å². The van der Waals surface area contributed by atoms with Gasteiger partial charge in [-0.25, -0.2) is 13.8 Å². The van der Waals surface area contributed by atoms with Gasteiger partial charge in [-0.3, -0.25) is 0 Å². The molecule has 0 atom stereocenters. The molecule has 0 aliphatic carbocycles. The first-order chi connectivity index (χ1) is 6.06. The molecule has 1 aromatic heterocycles. The summed E-state index contributed by atoms with van der Waals surface area (Å²) in [7, 11) is 0. The van der Waals surface area contributed by atoms with Gasteiger partial charge in [0.25, 0.3) is 6.43 Å². The smallest absolute Gasteiger partial charge is 0.234 e. The van der Waals surface area contributed by atoms with Gasteiger partial charge < -0.3 is 0 Å². The van der Waals surface area contributed by atoms with Gasteiger partial charge in [-0.2, -0.15) is 0 Å². The number of alkyl halides is 3. The minimum atomic E-state index is -2.63. The van der Waals surface area contributed by atoms with Gasteiger partial charge in [0.15, 0.2) is 0 Å². The van der Waals surface area contributed by atoms with Gasteiger partial charge in [0.2, 0.25) is 0 Å². The van der Waals surface area contributed by atoms with Crippen molar-refractivity contribution in [3.8, 4) is 0 Å². The molecule has 1 heterocycles. The molecule has 0 radical (unpaired) electrons. The number of nitrogens with zero attached hydrogens (tertiary/aromatic N) is 1. The van der Waals surface area contributed by atoms with Crippen LogP contribution in [0.15, 0.2) is 6.07 Å². The molecule has 0 bridgehead atoms. The third-order valence-corrected chi connectivity index (χ3v) is 2.78. The van der Waals surface area contributed by atoms with Crippen molar-refractivity contribution >= 4 is 39.1 Å². The van der Waals surface area contributed by atoms with E-state index in [1.54, 1.807) is 0 Å². The Morgan fingerprint density at radius 2 is 2.08 bits per heavy atom. The van der Waals surface area contributed by atoms with Crippen molar-refractivity contribution in [2.75, 3.05) is 0 Å². The van der Waals surface area contributed by atoms with Crippen LogP contribution in [0.4, 0.5) is 8.78 Å². The number of halogens is 5. The minimum Gasteiger partial charge on any atom is -0.234 e. The van der Waals surface area contributed by atoms with Crippen LogP contribution in [0.2, 0.25) is 10.2 Å². The fourth-order valence-electron chi connectivity index (χ4n) is 0.778. The Morgan fingerprint density at radius 1 is 1.46 bits per heavy atom. The maximum Gasteiger partial charge on any atom is 0.280 e. The number of hydrogen-bond donors (Lipinski definition) is 0. The predicted molar refractivity (Wildman–Crippen MR) is 51.8 cm³/mol. The molecular formula is C7H4BrCl2F2N. The SMILES string of the molecule is FC(F)c1cc(CBr)c(Cl)c(Cl)n1. The summed E-state index contributed by atoms with van der Waals surface area (Å²) in [4.78, 5) is 3.44. The first-order valence-electron chi connectivity index (χ1n) is 3.25. The maximum absolute atomic E-state index is 12.2. The molecule has 1 aromatic rings. The summed E-state index contributed by atoms with van der Waals surface area (Å²) in [5.74, 6) is 0. The molecule has 0 amide bonds. The Morgan fingerprint density at radius 3 is 2.54 bits per heavy atom. The van der Waals surface area contributed by atoms with Crippen LogP contribution in [0, 0.1) is 0 Å². The Balaban J connectivity index is 3.22. The van der Waals surface area contributed by atoms with Gasteiger partial charge in [-0.15, -0.1) is 0 Å². The Kier molecular flexibility index (Phi) is 3.88. The zero-order chi connectivity index (χ0) is 10.0. The summed E-state index contributed by atoms with van der Waals surface area (Å²) in [6.07, 6.45) is -2.63. The second-order valence-corrected chi connectivity index (χ2v) is 3.54. The number of aromatic nitrogens is 1. The van der Waals surface area contributed by atoms with E-state index in [4.69, 9.17) is 23.2 Å². The molecule has 0 spiro atoms. The van der Waals surface area contributed by atoms with Crippen molar-refractivity contribution in [2.45, 2.75) is 11.8 Å². The summed E-state index contributed by atoms with van der Waals surface area (Å²) in [5, 5.41) is 0.491. The Labute approximate surface area is 92.2 Å². The molecule has 0 unspecified atom stereocenters. The molecule has 6 heteroatoms. The van der Waals surface area contributed by atoms with E-state index in [1.165, 1.54) is 6.07 Å². The zero-order valence-corrected chi connectivity index (χ0v) is 9.30. The van der Waals surface area contributed by atoms with Gasteiger partial charge in [-0.1, -0.05) is 39.1 Å². The van der Waals surface area contributed by atoms with Gasteiger partial charge in [0.05, 0.1) is 5.02 Å². The molecule has 1 rings (SSSR count). The number of rotatable bonds is 2. The Bertz CT molecular complexity index is 320. The van der Waals surface area contributed by atoms with Crippen LogP contribution in [-0.2, 0) is 5.33 Å². The van der Waals surface area contributed by atoms with Crippen LogP contribution in [0.1, 0.15) is 17.7 Å². The molecule has 13 heavy (non-hydrogen) atoms. The van der Waals surface area contributed by atoms with Crippen LogP contribution in [-0.4, -0.2) is 4.98 Å². The first kappa shape index (κ1) is 11.1. The van der Waals surface area contributed by atoms with Crippen molar-refractivity contribution in [3.63, 3.8) is 0 Å². The molecule has 0 saturated carbocycles. The van der Waals surface area contributed by atoms with Gasteiger partial charge in [-0.05, 0) is 11.6 Å². The lowest BCUT2D eigenvalue weighted by Crippen LogP contribution is -1.94. The maximum atomic E-state index is 12.2. The van der Waals surface area contributed by atoms with Gasteiger partial charge >= 0.3 is 0 Å². The van der Waals surface area contributed by atoms with Crippen LogP contribution in [0.5, 0.6) is 0 Å². The third-order valence-electron chi connectivity index (χ3n) is 1.38. The molecular weight excluding hydrogens is 287 g/mol. The van der Waals surface area contributed by atoms with Crippen molar-refractivity contribution < 1.29 is 8.78 Å². The zero-order valence-electron chi connectivity index (χ0n) is 6.20. The molecule has 0 fully saturated rings. The topological polar surface area (TPSA) is 12.9 Å². The first-order valence-corrected chi connectivity index (χ1v) is 5.13. The molecule has 0 aliphatic heterocycles. The Hall–Kier alpha value is 0.0700. The highest BCUT2D eigenvalue weighted by molar-refractivity contribution is 9.08. The summed E-state index contributed by atoms with van der Waals surface area (Å²) >= 11 is 14.4. The summed E-state index contributed by atoms with van der Waals surface area (Å²) in [5.41, 5.74) is 0.154. The number of hydrogen-bond acceptors (Lipinski definition) is 1. The highest BCUT2D eigenvalue weighted by Crippen LogP contribution is 2.29. The normalized spacial score (nSPS) is 10.9.